The number of hydrogen-bond donors (Lipinski definition) is 1. The molecule has 2 saturated heterocycles. The fraction of sp³-hybridized carbons (Fsp3) is 0.571. The first kappa shape index (κ1) is 18.1. The van der Waals surface area contributed by atoms with Gasteiger partial charge in [0.1, 0.15) is 31.0 Å². The highest BCUT2D eigenvalue weighted by Gasteiger charge is 2.64. The van der Waals surface area contributed by atoms with E-state index >= 15 is 0 Å². The second-order valence-corrected chi connectivity index (χ2v) is 7.69. The Bertz CT molecular complexity index is 880. The van der Waals surface area contributed by atoms with Gasteiger partial charge in [-0.25, -0.2) is 4.79 Å². The van der Waals surface area contributed by atoms with Crippen LogP contribution in [0.2, 0.25) is 0 Å². The lowest BCUT2D eigenvalue weighted by atomic mass is 10.0. The molecule has 11 heteroatoms. The van der Waals surface area contributed by atoms with Crippen LogP contribution in [-0.2, 0) is 23.3 Å². The maximum Gasteiger partial charge on any atom is 0.330 e. The Hall–Kier alpha value is -1.73. The molecule has 0 spiro atoms. The first-order valence-electron chi connectivity index (χ1n) is 7.28. The lowest BCUT2D eigenvalue weighted by Crippen LogP contribution is -2.46. The minimum atomic E-state index is -4.11. The van der Waals surface area contributed by atoms with Crippen molar-refractivity contribution in [1.29, 1.82) is 0 Å². The van der Waals surface area contributed by atoms with Crippen LogP contribution in [-0.4, -0.2) is 54.3 Å². The Labute approximate surface area is 142 Å². The summed E-state index contributed by atoms with van der Waals surface area (Å²) in [5, 5.41) is 0. The number of hydrogen-bond acceptors (Lipinski definition) is 8. The summed E-state index contributed by atoms with van der Waals surface area (Å²) in [5.41, 5.74) is -2.75. The zero-order valence-corrected chi connectivity index (χ0v) is 14.4. The van der Waals surface area contributed by atoms with Gasteiger partial charge in [-0.3, -0.25) is 14.3 Å². The number of rotatable bonds is 5. The SMILES string of the molecule is C#Cc1cn([C@@H]2O[C@]3(COC)CO[C@@H]2C3OP(C)(=O)[O-])c(=O)[nH]c1=O. The molecule has 0 amide bonds. The van der Waals surface area contributed by atoms with Crippen LogP contribution < -0.4 is 16.1 Å². The molecule has 2 aliphatic heterocycles. The molecule has 0 saturated carbocycles. The van der Waals surface area contributed by atoms with Gasteiger partial charge in [0, 0.05) is 20.0 Å². The number of nitrogens with zero attached hydrogens (tertiary/aromatic N) is 1. The zero-order valence-electron chi connectivity index (χ0n) is 13.5. The molecule has 0 radical (unpaired) electrons. The van der Waals surface area contributed by atoms with Crippen molar-refractivity contribution in [2.75, 3.05) is 27.0 Å². The van der Waals surface area contributed by atoms with Crippen LogP contribution in [0.1, 0.15) is 11.8 Å². The molecule has 2 fully saturated rings. The van der Waals surface area contributed by atoms with E-state index in [0.29, 0.717) is 0 Å². The summed E-state index contributed by atoms with van der Waals surface area (Å²) in [6, 6.07) is 0. The Balaban J connectivity index is 2.04. The molecule has 136 valence electrons. The number of aromatic amines is 1. The van der Waals surface area contributed by atoms with Gasteiger partial charge in [-0.1, -0.05) is 5.92 Å². The summed E-state index contributed by atoms with van der Waals surface area (Å²) >= 11 is 0. The third-order valence-corrected chi connectivity index (χ3v) is 4.67. The Morgan fingerprint density at radius 2 is 2.32 bits per heavy atom. The van der Waals surface area contributed by atoms with Crippen molar-refractivity contribution >= 4 is 7.60 Å². The Morgan fingerprint density at radius 1 is 1.60 bits per heavy atom. The van der Waals surface area contributed by atoms with Crippen molar-refractivity contribution in [3.8, 4) is 12.3 Å². The van der Waals surface area contributed by atoms with Crippen LogP contribution in [0.15, 0.2) is 15.8 Å². The lowest BCUT2D eigenvalue weighted by molar-refractivity contribution is -0.208. The first-order chi connectivity index (χ1) is 11.7. The average Bonchev–Trinajstić information content (AvgIpc) is 2.97. The van der Waals surface area contributed by atoms with E-state index in [1.54, 1.807) is 0 Å². The predicted octanol–water partition coefficient (Wildman–Crippen LogP) is -1.60. The van der Waals surface area contributed by atoms with E-state index in [0.717, 1.165) is 17.4 Å². The summed E-state index contributed by atoms with van der Waals surface area (Å²) < 4.78 is 34.4. The number of methoxy groups -OCH3 is 1. The van der Waals surface area contributed by atoms with Gasteiger partial charge in [0.25, 0.3) is 5.56 Å². The smallest absolute Gasteiger partial charge is 0.330 e. The fourth-order valence-corrected chi connectivity index (χ4v) is 3.83. The topological polar surface area (TPSA) is 132 Å². The molecule has 5 atom stereocenters. The largest absolute Gasteiger partial charge is 0.779 e. The lowest BCUT2D eigenvalue weighted by Gasteiger charge is -2.32. The molecule has 0 aromatic carbocycles. The van der Waals surface area contributed by atoms with E-state index in [1.807, 2.05) is 0 Å². The van der Waals surface area contributed by atoms with Crippen LogP contribution in [0.5, 0.6) is 0 Å². The molecule has 3 rings (SSSR count). The molecule has 2 bridgehead atoms. The number of nitrogens with one attached hydrogen (secondary N) is 1. The maximum atomic E-state index is 12.1. The van der Waals surface area contributed by atoms with Crippen molar-refractivity contribution in [3.05, 3.63) is 32.6 Å². The van der Waals surface area contributed by atoms with Gasteiger partial charge in [0.05, 0.1) is 13.2 Å². The second kappa shape index (κ2) is 6.21. The molecule has 3 heterocycles. The normalized spacial score (nSPS) is 33.1. The van der Waals surface area contributed by atoms with Gasteiger partial charge in [0.15, 0.2) is 6.23 Å². The molecule has 25 heavy (non-hydrogen) atoms. The van der Waals surface area contributed by atoms with E-state index in [-0.39, 0.29) is 18.8 Å². The summed E-state index contributed by atoms with van der Waals surface area (Å²) in [7, 11) is -2.69. The first-order valence-corrected chi connectivity index (χ1v) is 9.27. The van der Waals surface area contributed by atoms with Crippen LogP contribution in [0.4, 0.5) is 0 Å². The van der Waals surface area contributed by atoms with E-state index in [1.165, 1.54) is 7.11 Å². The van der Waals surface area contributed by atoms with Crippen LogP contribution in [0.25, 0.3) is 0 Å². The van der Waals surface area contributed by atoms with Crippen molar-refractivity contribution in [2.24, 2.45) is 0 Å². The summed E-state index contributed by atoms with van der Waals surface area (Å²) in [5.74, 6) is 2.16. The number of terminal acetylenes is 1. The highest BCUT2D eigenvalue weighted by Crippen LogP contribution is 2.51. The van der Waals surface area contributed by atoms with Crippen LogP contribution >= 0.6 is 7.60 Å². The average molecular weight is 371 g/mol. The molecular weight excluding hydrogens is 355 g/mol. The van der Waals surface area contributed by atoms with Crippen molar-refractivity contribution in [2.45, 2.75) is 24.0 Å². The third kappa shape index (κ3) is 3.11. The molecule has 2 aliphatic rings. The van der Waals surface area contributed by atoms with E-state index in [2.05, 4.69) is 10.9 Å². The summed E-state index contributed by atoms with van der Waals surface area (Å²) in [4.78, 5) is 37.5. The summed E-state index contributed by atoms with van der Waals surface area (Å²) in [6.45, 7) is 0.959. The maximum absolute atomic E-state index is 12.1. The van der Waals surface area contributed by atoms with Crippen molar-refractivity contribution in [3.63, 3.8) is 0 Å². The van der Waals surface area contributed by atoms with Gasteiger partial charge < -0.3 is 28.2 Å². The summed E-state index contributed by atoms with van der Waals surface area (Å²) in [6.07, 6.45) is 3.48. The highest BCUT2D eigenvalue weighted by atomic mass is 31.2. The van der Waals surface area contributed by atoms with Crippen LogP contribution in [0, 0.1) is 12.3 Å². The van der Waals surface area contributed by atoms with Gasteiger partial charge in [-0.15, -0.1) is 6.42 Å². The standard InChI is InChI=1S/C14H17N2O8P/c1-4-8-5-16(13(18)15-11(8)17)12-9-10(24-25(3,19)20)14(23-12,6-21-2)7-22-9/h1,5,9-10,12H,6-7H2,2-3H3,(H,19,20)(H,15,17,18)/p-1/t9-,10?,12-,14-/m1/s1. The minimum Gasteiger partial charge on any atom is -0.779 e. The fourth-order valence-electron chi connectivity index (χ4n) is 3.10. The van der Waals surface area contributed by atoms with Crippen molar-refractivity contribution in [1.82, 2.24) is 9.55 Å². The molecule has 1 aromatic rings. The van der Waals surface area contributed by atoms with Gasteiger partial charge in [0.2, 0.25) is 0 Å². The number of aromatic nitrogens is 2. The highest BCUT2D eigenvalue weighted by molar-refractivity contribution is 7.50. The third-order valence-electron chi connectivity index (χ3n) is 4.06. The molecule has 1 N–H and O–H groups in total. The van der Waals surface area contributed by atoms with E-state index in [9.17, 15) is 19.0 Å². The zero-order chi connectivity index (χ0) is 18.4. The molecular formula is C14H16N2O8P-. The monoisotopic (exact) mass is 371 g/mol. The Kier molecular flexibility index (Phi) is 4.49. The van der Waals surface area contributed by atoms with Gasteiger partial charge in [-0.2, -0.15) is 0 Å². The Morgan fingerprint density at radius 3 is 2.92 bits per heavy atom. The van der Waals surface area contributed by atoms with Crippen molar-refractivity contribution < 1.29 is 28.2 Å². The van der Waals surface area contributed by atoms with Crippen LogP contribution in [0.3, 0.4) is 0 Å². The minimum absolute atomic E-state index is 0.00916. The van der Waals surface area contributed by atoms with E-state index in [4.69, 9.17) is 25.2 Å². The number of H-pyrrole nitrogens is 1. The second-order valence-electron chi connectivity index (χ2n) is 5.93. The number of ether oxygens (including phenoxy) is 3. The van der Waals surface area contributed by atoms with Gasteiger partial charge in [-0.05, 0) is 0 Å². The molecule has 1 aromatic heterocycles. The van der Waals surface area contributed by atoms with E-state index < -0.39 is 42.9 Å². The number of fused-ring (bicyclic) bond motifs is 2. The molecule has 2 unspecified atom stereocenters. The molecule has 0 aliphatic carbocycles. The molecule has 10 nitrogen and oxygen atoms in total. The quantitative estimate of drug-likeness (QED) is 0.483. The van der Waals surface area contributed by atoms with Gasteiger partial charge >= 0.3 is 5.69 Å². The predicted molar refractivity (Wildman–Crippen MR) is 82.1 cm³/mol.